The molecule has 4 nitrogen and oxygen atoms in total. The molecule has 2 unspecified atom stereocenters. The first-order valence-corrected chi connectivity index (χ1v) is 5.13. The summed E-state index contributed by atoms with van der Waals surface area (Å²) in [6.07, 6.45) is 1.42. The van der Waals surface area contributed by atoms with Gasteiger partial charge in [-0.25, -0.2) is 0 Å². The maximum Gasteiger partial charge on any atom is 0.318 e. The third-order valence-electron chi connectivity index (χ3n) is 3.35. The Morgan fingerprint density at radius 3 is 2.44 bits per heavy atom. The second-order valence-corrected chi connectivity index (χ2v) is 4.43. The molecule has 0 radical (unpaired) electrons. The van der Waals surface area contributed by atoms with Crippen molar-refractivity contribution < 1.29 is 19.4 Å². The Hall–Kier alpha value is -1.54. The van der Waals surface area contributed by atoms with E-state index < -0.39 is 28.7 Å². The maximum absolute atomic E-state index is 11.9. The van der Waals surface area contributed by atoms with Crippen LogP contribution in [0.2, 0.25) is 0 Å². The molecule has 2 atom stereocenters. The van der Waals surface area contributed by atoms with Gasteiger partial charge < -0.3 is 9.84 Å². The van der Waals surface area contributed by atoms with E-state index in [9.17, 15) is 9.59 Å². The fraction of sp³-hybridized carbons (Fsp3) is 0.583. The summed E-state index contributed by atoms with van der Waals surface area (Å²) in [6, 6.07) is 0. The van der Waals surface area contributed by atoms with Gasteiger partial charge in [0.05, 0.1) is 12.5 Å². The van der Waals surface area contributed by atoms with Crippen LogP contribution in [-0.2, 0) is 14.3 Å². The fourth-order valence-corrected chi connectivity index (χ4v) is 2.42. The van der Waals surface area contributed by atoms with Crippen LogP contribution in [0.3, 0.4) is 0 Å². The topological polar surface area (TPSA) is 63.6 Å². The number of ether oxygens (including phenoxy) is 1. The van der Waals surface area contributed by atoms with Gasteiger partial charge >= 0.3 is 11.9 Å². The van der Waals surface area contributed by atoms with E-state index in [0.29, 0.717) is 0 Å². The first-order valence-electron chi connectivity index (χ1n) is 5.13. The summed E-state index contributed by atoms with van der Waals surface area (Å²) in [6.45, 7) is 8.79. The van der Waals surface area contributed by atoms with Crippen LogP contribution in [0, 0.1) is 16.7 Å². The van der Waals surface area contributed by atoms with E-state index in [-0.39, 0.29) is 6.61 Å². The number of hydrogen-bond acceptors (Lipinski definition) is 3. The summed E-state index contributed by atoms with van der Waals surface area (Å²) in [5.41, 5.74) is 0.740. The number of aliphatic carboxylic acids is 1. The summed E-state index contributed by atoms with van der Waals surface area (Å²) in [5, 5.41) is 9.09. The normalized spacial score (nSPS) is 30.1. The highest BCUT2D eigenvalue weighted by molar-refractivity contribution is 5.94. The van der Waals surface area contributed by atoms with Crippen molar-refractivity contribution in [1.82, 2.24) is 0 Å². The van der Waals surface area contributed by atoms with Gasteiger partial charge in [0.1, 0.15) is 5.41 Å². The van der Waals surface area contributed by atoms with Gasteiger partial charge in [0.15, 0.2) is 0 Å². The highest BCUT2D eigenvalue weighted by Crippen LogP contribution is 2.70. The summed E-state index contributed by atoms with van der Waals surface area (Å²) < 4.78 is 4.94. The fourth-order valence-electron chi connectivity index (χ4n) is 2.42. The Labute approximate surface area is 94.6 Å². The SMILES string of the molecule is C=C=CC1(C(=O)OCC)C(C(=O)O)C1(C)C. The molecule has 1 aliphatic rings. The Morgan fingerprint density at radius 1 is 1.56 bits per heavy atom. The third-order valence-corrected chi connectivity index (χ3v) is 3.35. The predicted molar refractivity (Wildman–Crippen MR) is 57.7 cm³/mol. The number of rotatable bonds is 4. The molecule has 1 fully saturated rings. The highest BCUT2D eigenvalue weighted by Gasteiger charge is 2.78. The molecule has 4 heteroatoms. The van der Waals surface area contributed by atoms with Crippen LogP contribution >= 0.6 is 0 Å². The van der Waals surface area contributed by atoms with E-state index in [1.54, 1.807) is 20.8 Å². The number of carboxylic acids is 1. The summed E-state index contributed by atoms with van der Waals surface area (Å²) in [5.74, 6) is -2.28. The minimum absolute atomic E-state index is 0.230. The highest BCUT2D eigenvalue weighted by atomic mass is 16.5. The molecule has 88 valence electrons. The molecule has 0 aromatic heterocycles. The number of hydrogen-bond donors (Lipinski definition) is 1. The van der Waals surface area contributed by atoms with E-state index in [1.807, 2.05) is 0 Å². The van der Waals surface area contributed by atoms with E-state index in [1.165, 1.54) is 6.08 Å². The van der Waals surface area contributed by atoms with Crippen molar-refractivity contribution in [3.63, 3.8) is 0 Å². The lowest BCUT2D eigenvalue weighted by Gasteiger charge is -2.12. The molecule has 0 spiro atoms. The summed E-state index contributed by atoms with van der Waals surface area (Å²) >= 11 is 0. The van der Waals surface area contributed by atoms with Crippen LogP contribution < -0.4 is 0 Å². The smallest absolute Gasteiger partial charge is 0.318 e. The van der Waals surface area contributed by atoms with Gasteiger partial charge in [-0.15, -0.1) is 5.73 Å². The Kier molecular flexibility index (Phi) is 2.97. The minimum Gasteiger partial charge on any atom is -0.481 e. The zero-order valence-corrected chi connectivity index (χ0v) is 9.74. The Morgan fingerprint density at radius 2 is 2.12 bits per heavy atom. The van der Waals surface area contributed by atoms with Crippen molar-refractivity contribution in [3.05, 3.63) is 18.4 Å². The zero-order chi connectivity index (χ0) is 12.6. The molecule has 1 aliphatic carbocycles. The summed E-state index contributed by atoms with van der Waals surface area (Å²) in [4.78, 5) is 23.0. The van der Waals surface area contributed by atoms with Crippen molar-refractivity contribution in [2.24, 2.45) is 16.7 Å². The molecule has 0 heterocycles. The molecular weight excluding hydrogens is 208 g/mol. The van der Waals surface area contributed by atoms with Crippen LogP contribution in [0.5, 0.6) is 0 Å². The van der Waals surface area contributed by atoms with Gasteiger partial charge in [-0.3, -0.25) is 9.59 Å². The monoisotopic (exact) mass is 224 g/mol. The van der Waals surface area contributed by atoms with Crippen LogP contribution in [0.4, 0.5) is 0 Å². The Bertz CT molecular complexity index is 376. The van der Waals surface area contributed by atoms with Gasteiger partial charge in [-0.05, 0) is 13.0 Å². The van der Waals surface area contributed by atoms with Gasteiger partial charge in [0.25, 0.3) is 0 Å². The number of esters is 1. The lowest BCUT2D eigenvalue weighted by Crippen LogP contribution is -2.23. The summed E-state index contributed by atoms with van der Waals surface area (Å²) in [7, 11) is 0. The zero-order valence-electron chi connectivity index (χ0n) is 9.74. The molecule has 0 aliphatic heterocycles. The number of carbonyl (C=O) groups excluding carboxylic acids is 1. The molecule has 0 aromatic rings. The first-order chi connectivity index (χ1) is 7.36. The minimum atomic E-state index is -1.11. The molecule has 1 saturated carbocycles. The average Bonchev–Trinajstić information content (AvgIpc) is 2.65. The van der Waals surface area contributed by atoms with Crippen LogP contribution in [0.25, 0.3) is 0 Å². The molecule has 0 bridgehead atoms. The van der Waals surface area contributed by atoms with Crippen LogP contribution in [-0.4, -0.2) is 23.7 Å². The van der Waals surface area contributed by atoms with Gasteiger partial charge in [-0.2, -0.15) is 0 Å². The molecule has 0 amide bonds. The molecular formula is C12H16O4. The molecule has 1 N–H and O–H groups in total. The van der Waals surface area contributed by atoms with Gasteiger partial charge in [0.2, 0.25) is 0 Å². The second-order valence-electron chi connectivity index (χ2n) is 4.43. The molecule has 0 aromatic carbocycles. The van der Waals surface area contributed by atoms with Gasteiger partial charge in [-0.1, -0.05) is 20.4 Å². The first kappa shape index (κ1) is 12.5. The van der Waals surface area contributed by atoms with Crippen molar-refractivity contribution in [3.8, 4) is 0 Å². The Balaban J connectivity index is 3.16. The van der Waals surface area contributed by atoms with E-state index >= 15 is 0 Å². The quantitative estimate of drug-likeness (QED) is 0.582. The van der Waals surface area contributed by atoms with Crippen molar-refractivity contribution in [1.29, 1.82) is 0 Å². The maximum atomic E-state index is 11.9. The van der Waals surface area contributed by atoms with E-state index in [0.717, 1.165) is 0 Å². The standard InChI is InChI=1S/C12H16O4/c1-5-7-12(10(15)16-6-2)8(9(13)14)11(12,3)4/h7-8H,1,6H2,2-4H3,(H,13,14). The predicted octanol–water partition coefficient (Wildman–Crippen LogP) is 1.62. The molecule has 1 rings (SSSR count). The van der Waals surface area contributed by atoms with Crippen molar-refractivity contribution in [2.45, 2.75) is 20.8 Å². The second kappa shape index (κ2) is 3.80. The van der Waals surface area contributed by atoms with Crippen molar-refractivity contribution >= 4 is 11.9 Å². The largest absolute Gasteiger partial charge is 0.481 e. The van der Waals surface area contributed by atoms with Crippen LogP contribution in [0.15, 0.2) is 18.4 Å². The van der Waals surface area contributed by atoms with Crippen molar-refractivity contribution in [2.75, 3.05) is 6.61 Å². The molecule has 16 heavy (non-hydrogen) atoms. The molecule has 0 saturated heterocycles. The lowest BCUT2D eigenvalue weighted by atomic mass is 9.96. The van der Waals surface area contributed by atoms with Crippen LogP contribution in [0.1, 0.15) is 20.8 Å². The lowest BCUT2D eigenvalue weighted by molar-refractivity contribution is -0.151. The number of carboxylic acid groups (broad SMARTS) is 1. The average molecular weight is 224 g/mol. The third kappa shape index (κ3) is 1.38. The van der Waals surface area contributed by atoms with E-state index in [4.69, 9.17) is 9.84 Å². The van der Waals surface area contributed by atoms with E-state index in [2.05, 4.69) is 12.3 Å². The van der Waals surface area contributed by atoms with Gasteiger partial charge in [0, 0.05) is 5.41 Å². The number of carbonyl (C=O) groups is 2.